The van der Waals surface area contributed by atoms with E-state index in [0.29, 0.717) is 0 Å². The Bertz CT molecular complexity index is 104. The number of hydrogen-bond donors (Lipinski definition) is 2. The Morgan fingerprint density at radius 3 is 2.50 bits per heavy atom. The highest BCUT2D eigenvalue weighted by Crippen LogP contribution is 1.99. The lowest BCUT2D eigenvalue weighted by Gasteiger charge is -2.13. The van der Waals surface area contributed by atoms with Crippen LogP contribution < -0.4 is 11.1 Å². The third kappa shape index (κ3) is 4.18. The largest absolute Gasteiger partial charge is 0.352 e. The van der Waals surface area contributed by atoms with Crippen molar-refractivity contribution in [2.45, 2.75) is 39.2 Å². The standard InChI is InChI=1S/C7H16N2O/c1-3-5-6(4-2)9-7(8)10/h6H,3-5H2,1-2H3,(H3,8,9,10)/t6-/m0/s1. The number of nitrogens with one attached hydrogen (secondary N) is 1. The molecule has 0 aromatic carbocycles. The summed E-state index contributed by atoms with van der Waals surface area (Å²) in [7, 11) is 0. The summed E-state index contributed by atoms with van der Waals surface area (Å²) in [5, 5.41) is 2.67. The third-order valence-electron chi connectivity index (χ3n) is 1.48. The summed E-state index contributed by atoms with van der Waals surface area (Å²) >= 11 is 0. The maximum Gasteiger partial charge on any atom is 0.312 e. The molecule has 0 saturated heterocycles. The molecule has 1 atom stereocenters. The zero-order chi connectivity index (χ0) is 7.98. The van der Waals surface area contributed by atoms with Gasteiger partial charge in [-0.15, -0.1) is 0 Å². The molecule has 0 spiro atoms. The van der Waals surface area contributed by atoms with Gasteiger partial charge >= 0.3 is 6.03 Å². The summed E-state index contributed by atoms with van der Waals surface area (Å²) in [4.78, 5) is 10.4. The van der Waals surface area contributed by atoms with Gasteiger partial charge in [0, 0.05) is 6.04 Å². The minimum atomic E-state index is -0.416. The molecule has 0 fully saturated rings. The maximum absolute atomic E-state index is 10.4. The number of hydrogen-bond acceptors (Lipinski definition) is 1. The summed E-state index contributed by atoms with van der Waals surface area (Å²) < 4.78 is 0. The molecule has 0 saturated carbocycles. The summed E-state index contributed by atoms with van der Waals surface area (Å²) in [5.74, 6) is 0. The second kappa shape index (κ2) is 5.09. The zero-order valence-electron chi connectivity index (χ0n) is 6.68. The second-order valence-electron chi connectivity index (χ2n) is 2.40. The Hall–Kier alpha value is -0.730. The molecule has 10 heavy (non-hydrogen) atoms. The lowest BCUT2D eigenvalue weighted by molar-refractivity contribution is 0.244. The molecule has 0 aromatic heterocycles. The zero-order valence-corrected chi connectivity index (χ0v) is 6.68. The first-order valence-corrected chi connectivity index (χ1v) is 3.76. The Labute approximate surface area is 62.0 Å². The van der Waals surface area contributed by atoms with Gasteiger partial charge in [-0.25, -0.2) is 4.79 Å². The number of nitrogens with two attached hydrogens (primary N) is 1. The molecule has 3 N–H and O–H groups in total. The molecule has 3 nitrogen and oxygen atoms in total. The second-order valence-corrected chi connectivity index (χ2v) is 2.40. The Morgan fingerprint density at radius 2 is 2.20 bits per heavy atom. The molecular weight excluding hydrogens is 128 g/mol. The SMILES string of the molecule is CCC[C@H](CC)NC(N)=O. The van der Waals surface area contributed by atoms with Gasteiger partial charge in [-0.1, -0.05) is 20.3 Å². The van der Waals surface area contributed by atoms with Crippen molar-refractivity contribution in [3.05, 3.63) is 0 Å². The van der Waals surface area contributed by atoms with Crippen LogP contribution in [0.1, 0.15) is 33.1 Å². The number of carbonyl (C=O) groups excluding carboxylic acids is 1. The molecule has 60 valence electrons. The molecule has 0 heterocycles. The minimum absolute atomic E-state index is 0.266. The maximum atomic E-state index is 10.4. The van der Waals surface area contributed by atoms with Crippen LogP contribution in [-0.2, 0) is 0 Å². The quantitative estimate of drug-likeness (QED) is 0.612. The van der Waals surface area contributed by atoms with Crippen LogP contribution in [0.5, 0.6) is 0 Å². The predicted octanol–water partition coefficient (Wildman–Crippen LogP) is 1.23. The summed E-state index contributed by atoms with van der Waals surface area (Å²) in [6.45, 7) is 4.13. The van der Waals surface area contributed by atoms with Crippen LogP contribution in [0.3, 0.4) is 0 Å². The van der Waals surface area contributed by atoms with Gasteiger partial charge in [0.25, 0.3) is 0 Å². The summed E-state index contributed by atoms with van der Waals surface area (Å²) in [6, 6.07) is -0.150. The molecule has 0 bridgehead atoms. The monoisotopic (exact) mass is 144 g/mol. The van der Waals surface area contributed by atoms with Gasteiger partial charge in [-0.3, -0.25) is 0 Å². The molecule has 0 aliphatic carbocycles. The smallest absolute Gasteiger partial charge is 0.312 e. The lowest BCUT2D eigenvalue weighted by atomic mass is 10.1. The van der Waals surface area contributed by atoms with Crippen LogP contribution in [0.4, 0.5) is 4.79 Å². The highest BCUT2D eigenvalue weighted by atomic mass is 16.2. The first-order valence-electron chi connectivity index (χ1n) is 3.76. The van der Waals surface area contributed by atoms with Crippen molar-refractivity contribution in [2.75, 3.05) is 0 Å². The van der Waals surface area contributed by atoms with E-state index in [0.717, 1.165) is 19.3 Å². The van der Waals surface area contributed by atoms with Gasteiger partial charge in [0.05, 0.1) is 0 Å². The van der Waals surface area contributed by atoms with Crippen molar-refractivity contribution in [1.82, 2.24) is 5.32 Å². The summed E-state index contributed by atoms with van der Waals surface area (Å²) in [6.07, 6.45) is 3.05. The molecule has 0 rings (SSSR count). The number of amides is 2. The molecule has 2 amide bonds. The van der Waals surface area contributed by atoms with E-state index in [4.69, 9.17) is 5.73 Å². The molecule has 3 heteroatoms. The van der Waals surface area contributed by atoms with Gasteiger partial charge in [-0.2, -0.15) is 0 Å². The highest BCUT2D eigenvalue weighted by molar-refractivity contribution is 5.71. The van der Waals surface area contributed by atoms with Crippen LogP contribution in [0.2, 0.25) is 0 Å². The highest BCUT2D eigenvalue weighted by Gasteiger charge is 2.04. The fourth-order valence-electron chi connectivity index (χ4n) is 0.928. The third-order valence-corrected chi connectivity index (χ3v) is 1.48. The minimum Gasteiger partial charge on any atom is -0.352 e. The van der Waals surface area contributed by atoms with E-state index in [-0.39, 0.29) is 6.04 Å². The fourth-order valence-corrected chi connectivity index (χ4v) is 0.928. The van der Waals surface area contributed by atoms with Gasteiger partial charge in [0.15, 0.2) is 0 Å². The van der Waals surface area contributed by atoms with Crippen LogP contribution >= 0.6 is 0 Å². The van der Waals surface area contributed by atoms with Crippen LogP contribution in [-0.4, -0.2) is 12.1 Å². The van der Waals surface area contributed by atoms with Crippen LogP contribution in [0.25, 0.3) is 0 Å². The van der Waals surface area contributed by atoms with E-state index in [1.165, 1.54) is 0 Å². The van der Waals surface area contributed by atoms with Crippen LogP contribution in [0, 0.1) is 0 Å². The molecule has 0 aliphatic heterocycles. The molecule has 0 unspecified atom stereocenters. The van der Waals surface area contributed by atoms with E-state index < -0.39 is 6.03 Å². The van der Waals surface area contributed by atoms with Crippen LogP contribution in [0.15, 0.2) is 0 Å². The van der Waals surface area contributed by atoms with E-state index in [9.17, 15) is 4.79 Å². The topological polar surface area (TPSA) is 55.1 Å². The molecule has 0 aromatic rings. The number of rotatable bonds is 4. The van der Waals surface area contributed by atoms with E-state index >= 15 is 0 Å². The van der Waals surface area contributed by atoms with E-state index in [1.807, 2.05) is 6.92 Å². The van der Waals surface area contributed by atoms with Crippen molar-refractivity contribution in [3.63, 3.8) is 0 Å². The first-order chi connectivity index (χ1) is 4.70. The number of carbonyl (C=O) groups is 1. The molecule has 0 aliphatic rings. The molecular formula is C7H16N2O. The van der Waals surface area contributed by atoms with Gasteiger partial charge in [0.1, 0.15) is 0 Å². The molecule has 0 radical (unpaired) electrons. The van der Waals surface area contributed by atoms with Gasteiger partial charge < -0.3 is 11.1 Å². The van der Waals surface area contributed by atoms with Gasteiger partial charge in [-0.05, 0) is 12.8 Å². The summed E-state index contributed by atoms with van der Waals surface area (Å²) in [5.41, 5.74) is 4.95. The number of urea groups is 1. The van der Waals surface area contributed by atoms with Crippen molar-refractivity contribution in [1.29, 1.82) is 0 Å². The van der Waals surface area contributed by atoms with Crippen molar-refractivity contribution in [3.8, 4) is 0 Å². The van der Waals surface area contributed by atoms with E-state index in [2.05, 4.69) is 12.2 Å². The Balaban J connectivity index is 3.49. The fraction of sp³-hybridized carbons (Fsp3) is 0.857. The normalized spacial score (nSPS) is 12.6. The predicted molar refractivity (Wildman–Crippen MR) is 41.7 cm³/mol. The average Bonchev–Trinajstić information content (AvgIpc) is 1.86. The Morgan fingerprint density at radius 1 is 1.60 bits per heavy atom. The van der Waals surface area contributed by atoms with Crippen molar-refractivity contribution >= 4 is 6.03 Å². The average molecular weight is 144 g/mol. The first kappa shape index (κ1) is 9.27. The van der Waals surface area contributed by atoms with Crippen molar-refractivity contribution < 1.29 is 4.79 Å². The lowest BCUT2D eigenvalue weighted by Crippen LogP contribution is -2.38. The van der Waals surface area contributed by atoms with Gasteiger partial charge in [0.2, 0.25) is 0 Å². The van der Waals surface area contributed by atoms with E-state index in [1.54, 1.807) is 0 Å². The number of primary amides is 1. The van der Waals surface area contributed by atoms with Crippen molar-refractivity contribution in [2.24, 2.45) is 5.73 Å². The Kier molecular flexibility index (Phi) is 4.72.